The molecule has 1 aliphatic carbocycles. The number of rotatable bonds is 7. The van der Waals surface area contributed by atoms with E-state index in [1.807, 2.05) is 0 Å². The quantitative estimate of drug-likeness (QED) is 0.539. The molecule has 1 saturated carbocycles. The lowest BCUT2D eigenvalue weighted by atomic mass is 9.94. The number of ether oxygens (including phenoxy) is 2. The SMILES string of the molecule is COCCOCCCC1CCCCC(O)C1. The molecule has 0 spiro atoms. The fourth-order valence-electron chi connectivity index (χ4n) is 2.41. The normalized spacial score (nSPS) is 26.6. The van der Waals surface area contributed by atoms with Gasteiger partial charge in [0.05, 0.1) is 19.3 Å². The van der Waals surface area contributed by atoms with Gasteiger partial charge in [-0.1, -0.05) is 19.3 Å². The summed E-state index contributed by atoms with van der Waals surface area (Å²) >= 11 is 0. The van der Waals surface area contributed by atoms with Crippen molar-refractivity contribution < 1.29 is 14.6 Å². The van der Waals surface area contributed by atoms with E-state index in [-0.39, 0.29) is 6.10 Å². The zero-order valence-electron chi connectivity index (χ0n) is 10.5. The summed E-state index contributed by atoms with van der Waals surface area (Å²) in [6.45, 7) is 2.21. The zero-order valence-corrected chi connectivity index (χ0v) is 10.5. The van der Waals surface area contributed by atoms with Crippen LogP contribution in [0.1, 0.15) is 44.9 Å². The number of aliphatic hydroxyl groups excluding tert-OH is 1. The second kappa shape index (κ2) is 8.97. The van der Waals surface area contributed by atoms with Gasteiger partial charge in [0.15, 0.2) is 0 Å². The van der Waals surface area contributed by atoms with E-state index in [0.717, 1.165) is 25.9 Å². The smallest absolute Gasteiger partial charge is 0.0700 e. The molecule has 3 nitrogen and oxygen atoms in total. The van der Waals surface area contributed by atoms with Gasteiger partial charge in [0.1, 0.15) is 0 Å². The van der Waals surface area contributed by atoms with Gasteiger partial charge in [0, 0.05) is 13.7 Å². The van der Waals surface area contributed by atoms with Gasteiger partial charge in [-0.05, 0) is 31.6 Å². The summed E-state index contributed by atoms with van der Waals surface area (Å²) in [5.41, 5.74) is 0. The van der Waals surface area contributed by atoms with Crippen LogP contribution in [0, 0.1) is 5.92 Å². The van der Waals surface area contributed by atoms with Gasteiger partial charge in [0.2, 0.25) is 0 Å². The summed E-state index contributed by atoms with van der Waals surface area (Å²) in [5, 5.41) is 9.68. The molecule has 0 aromatic rings. The standard InChI is InChI=1S/C13H26O3/c1-15-9-10-16-8-4-6-12-5-2-3-7-13(14)11-12/h12-14H,2-11H2,1H3. The Balaban J connectivity index is 1.98. The fourth-order valence-corrected chi connectivity index (χ4v) is 2.41. The number of hydrogen-bond acceptors (Lipinski definition) is 3. The van der Waals surface area contributed by atoms with Crippen LogP contribution in [0.3, 0.4) is 0 Å². The van der Waals surface area contributed by atoms with Gasteiger partial charge < -0.3 is 14.6 Å². The van der Waals surface area contributed by atoms with Crippen molar-refractivity contribution in [3.63, 3.8) is 0 Å². The summed E-state index contributed by atoms with van der Waals surface area (Å²) < 4.78 is 10.3. The van der Waals surface area contributed by atoms with Crippen molar-refractivity contribution in [3.05, 3.63) is 0 Å². The molecule has 3 heteroatoms. The lowest BCUT2D eigenvalue weighted by Crippen LogP contribution is -2.11. The molecule has 0 heterocycles. The van der Waals surface area contributed by atoms with Gasteiger partial charge >= 0.3 is 0 Å². The maximum absolute atomic E-state index is 9.68. The molecule has 0 bridgehead atoms. The highest BCUT2D eigenvalue weighted by Gasteiger charge is 2.17. The van der Waals surface area contributed by atoms with Crippen LogP contribution in [-0.2, 0) is 9.47 Å². The first-order chi connectivity index (χ1) is 7.83. The molecule has 0 amide bonds. The van der Waals surface area contributed by atoms with Crippen molar-refractivity contribution in [2.75, 3.05) is 26.9 Å². The van der Waals surface area contributed by atoms with Gasteiger partial charge in [0.25, 0.3) is 0 Å². The van der Waals surface area contributed by atoms with Gasteiger partial charge in [-0.15, -0.1) is 0 Å². The molecule has 2 unspecified atom stereocenters. The minimum atomic E-state index is -0.0538. The summed E-state index contributed by atoms with van der Waals surface area (Å²) in [5.74, 6) is 0.712. The van der Waals surface area contributed by atoms with Gasteiger partial charge in [-0.2, -0.15) is 0 Å². The Kier molecular flexibility index (Phi) is 7.81. The third kappa shape index (κ3) is 6.46. The Morgan fingerprint density at radius 2 is 1.94 bits per heavy atom. The largest absolute Gasteiger partial charge is 0.393 e. The first kappa shape index (κ1) is 13.9. The van der Waals surface area contributed by atoms with E-state index in [4.69, 9.17) is 9.47 Å². The second-order valence-electron chi connectivity index (χ2n) is 4.79. The number of aliphatic hydroxyl groups is 1. The van der Waals surface area contributed by atoms with Crippen LogP contribution in [0.5, 0.6) is 0 Å². The first-order valence-electron chi connectivity index (χ1n) is 6.57. The molecule has 96 valence electrons. The van der Waals surface area contributed by atoms with Crippen LogP contribution >= 0.6 is 0 Å². The number of hydrogen-bond donors (Lipinski definition) is 1. The van der Waals surface area contributed by atoms with E-state index in [9.17, 15) is 5.11 Å². The average molecular weight is 230 g/mol. The van der Waals surface area contributed by atoms with Crippen LogP contribution in [0.2, 0.25) is 0 Å². The first-order valence-corrected chi connectivity index (χ1v) is 6.57. The van der Waals surface area contributed by atoms with Gasteiger partial charge in [-0.3, -0.25) is 0 Å². The van der Waals surface area contributed by atoms with E-state index < -0.39 is 0 Å². The molecule has 0 radical (unpaired) electrons. The maximum Gasteiger partial charge on any atom is 0.0700 e. The molecule has 16 heavy (non-hydrogen) atoms. The molecule has 2 atom stereocenters. The van der Waals surface area contributed by atoms with E-state index in [1.54, 1.807) is 7.11 Å². The van der Waals surface area contributed by atoms with Crippen molar-refractivity contribution in [3.8, 4) is 0 Å². The highest BCUT2D eigenvalue weighted by Crippen LogP contribution is 2.26. The highest BCUT2D eigenvalue weighted by molar-refractivity contribution is 4.70. The molecule has 1 N–H and O–H groups in total. The van der Waals surface area contributed by atoms with Crippen LogP contribution < -0.4 is 0 Å². The maximum atomic E-state index is 9.68. The Labute approximate surface area is 99.1 Å². The van der Waals surface area contributed by atoms with Crippen LogP contribution in [0.15, 0.2) is 0 Å². The molecular formula is C13H26O3. The zero-order chi connectivity index (χ0) is 11.6. The second-order valence-corrected chi connectivity index (χ2v) is 4.79. The highest BCUT2D eigenvalue weighted by atomic mass is 16.5. The third-order valence-corrected chi connectivity index (χ3v) is 3.34. The number of methoxy groups -OCH3 is 1. The van der Waals surface area contributed by atoms with Crippen LogP contribution in [0.25, 0.3) is 0 Å². The predicted octanol–water partition coefficient (Wildman–Crippen LogP) is 2.37. The molecule has 0 aromatic carbocycles. The topological polar surface area (TPSA) is 38.7 Å². The molecule has 0 aliphatic heterocycles. The predicted molar refractivity (Wildman–Crippen MR) is 64.5 cm³/mol. The fraction of sp³-hybridized carbons (Fsp3) is 1.00. The summed E-state index contributed by atoms with van der Waals surface area (Å²) in [4.78, 5) is 0. The van der Waals surface area contributed by atoms with Crippen LogP contribution in [0.4, 0.5) is 0 Å². The Morgan fingerprint density at radius 1 is 1.12 bits per heavy atom. The van der Waals surface area contributed by atoms with E-state index in [2.05, 4.69) is 0 Å². The molecule has 0 aromatic heterocycles. The molecule has 1 rings (SSSR count). The third-order valence-electron chi connectivity index (χ3n) is 3.34. The van der Waals surface area contributed by atoms with Gasteiger partial charge in [-0.25, -0.2) is 0 Å². The van der Waals surface area contributed by atoms with Crippen molar-refractivity contribution in [2.24, 2.45) is 5.92 Å². The summed E-state index contributed by atoms with van der Waals surface area (Å²) in [6, 6.07) is 0. The Hall–Kier alpha value is -0.120. The van der Waals surface area contributed by atoms with E-state index >= 15 is 0 Å². The molecule has 1 fully saturated rings. The Bertz CT molecular complexity index is 161. The lowest BCUT2D eigenvalue weighted by Gasteiger charge is -2.16. The molecule has 0 saturated heterocycles. The van der Waals surface area contributed by atoms with Crippen LogP contribution in [-0.4, -0.2) is 38.1 Å². The lowest BCUT2D eigenvalue weighted by molar-refractivity contribution is 0.0655. The van der Waals surface area contributed by atoms with Crippen molar-refractivity contribution >= 4 is 0 Å². The summed E-state index contributed by atoms with van der Waals surface area (Å²) in [7, 11) is 1.69. The van der Waals surface area contributed by atoms with E-state index in [0.29, 0.717) is 19.1 Å². The Morgan fingerprint density at radius 3 is 2.75 bits per heavy atom. The van der Waals surface area contributed by atoms with Crippen molar-refractivity contribution in [2.45, 2.75) is 51.0 Å². The molecular weight excluding hydrogens is 204 g/mol. The molecule has 1 aliphatic rings. The minimum absolute atomic E-state index is 0.0538. The monoisotopic (exact) mass is 230 g/mol. The van der Waals surface area contributed by atoms with Crippen molar-refractivity contribution in [1.29, 1.82) is 0 Å². The minimum Gasteiger partial charge on any atom is -0.393 e. The summed E-state index contributed by atoms with van der Waals surface area (Å²) in [6.07, 6.45) is 8.02. The van der Waals surface area contributed by atoms with E-state index in [1.165, 1.54) is 25.7 Å². The van der Waals surface area contributed by atoms with Crippen molar-refractivity contribution in [1.82, 2.24) is 0 Å². The average Bonchev–Trinajstić information content (AvgIpc) is 2.48.